The van der Waals surface area contributed by atoms with Crippen LogP contribution in [-0.4, -0.2) is 23.3 Å². The highest BCUT2D eigenvalue weighted by Crippen LogP contribution is 2.30. The summed E-state index contributed by atoms with van der Waals surface area (Å²) in [6, 6.07) is 6.64. The molecule has 0 bridgehead atoms. The van der Waals surface area contributed by atoms with Gasteiger partial charge < -0.3 is 9.84 Å². The third kappa shape index (κ3) is 3.27. The first-order valence-electron chi connectivity index (χ1n) is 4.58. The van der Waals surface area contributed by atoms with Gasteiger partial charge >= 0.3 is 5.97 Å². The second-order valence-corrected chi connectivity index (χ2v) is 4.38. The lowest BCUT2D eigenvalue weighted by atomic mass is 10.1. The van der Waals surface area contributed by atoms with E-state index in [4.69, 9.17) is 9.84 Å². The number of carbonyl (C=O) groups is 2. The van der Waals surface area contributed by atoms with Gasteiger partial charge in [-0.25, -0.2) is 0 Å². The number of carboxylic acid groups (broad SMARTS) is 1. The van der Waals surface area contributed by atoms with Crippen LogP contribution in [0.15, 0.2) is 24.3 Å². The summed E-state index contributed by atoms with van der Waals surface area (Å²) in [7, 11) is 1.54. The first-order valence-corrected chi connectivity index (χ1v) is 5.46. The summed E-state index contributed by atoms with van der Waals surface area (Å²) in [6.07, 6.45) is 0. The predicted octanol–water partition coefficient (Wildman–Crippen LogP) is 2.10. The Hall–Kier alpha value is -1.49. The van der Waals surface area contributed by atoms with Gasteiger partial charge in [-0.2, -0.15) is 0 Å². The Morgan fingerprint density at radius 3 is 2.25 bits per heavy atom. The van der Waals surface area contributed by atoms with Crippen molar-refractivity contribution in [2.45, 2.75) is 12.2 Å². The minimum atomic E-state index is -1.02. The topological polar surface area (TPSA) is 63.6 Å². The van der Waals surface area contributed by atoms with E-state index >= 15 is 0 Å². The van der Waals surface area contributed by atoms with Gasteiger partial charge in [0.2, 0.25) is 0 Å². The van der Waals surface area contributed by atoms with Crippen molar-refractivity contribution in [3.63, 3.8) is 0 Å². The van der Waals surface area contributed by atoms with E-state index in [0.717, 1.165) is 11.8 Å². The van der Waals surface area contributed by atoms with Crippen molar-refractivity contribution in [2.24, 2.45) is 0 Å². The number of carbonyl (C=O) groups excluding carboxylic acids is 1. The van der Waals surface area contributed by atoms with Crippen molar-refractivity contribution in [1.29, 1.82) is 0 Å². The summed E-state index contributed by atoms with van der Waals surface area (Å²) in [4.78, 5) is 21.9. The molecule has 1 rings (SSSR count). The van der Waals surface area contributed by atoms with Crippen LogP contribution in [0.2, 0.25) is 0 Å². The Balaban J connectivity index is 2.92. The number of benzene rings is 1. The Morgan fingerprint density at radius 1 is 1.31 bits per heavy atom. The fraction of sp³-hybridized carbons (Fsp3) is 0.273. The van der Waals surface area contributed by atoms with Crippen LogP contribution in [0.1, 0.15) is 17.7 Å². The highest BCUT2D eigenvalue weighted by molar-refractivity contribution is 8.14. The number of ether oxygens (including phenoxy) is 1. The molecule has 16 heavy (non-hydrogen) atoms. The maximum Gasteiger partial charge on any atom is 0.321 e. The molecule has 0 amide bonds. The molecule has 0 aliphatic heterocycles. The van der Waals surface area contributed by atoms with Crippen LogP contribution in [0, 0.1) is 0 Å². The lowest BCUT2D eigenvalue weighted by Crippen LogP contribution is -2.09. The van der Waals surface area contributed by atoms with Gasteiger partial charge in [-0.15, -0.1) is 0 Å². The molecule has 0 heterocycles. The number of hydrogen-bond donors (Lipinski definition) is 1. The van der Waals surface area contributed by atoms with Crippen molar-refractivity contribution < 1.29 is 19.4 Å². The summed E-state index contributed by atoms with van der Waals surface area (Å²) in [5.74, 6) is -0.369. The van der Waals surface area contributed by atoms with E-state index in [-0.39, 0.29) is 5.12 Å². The van der Waals surface area contributed by atoms with Gasteiger partial charge in [-0.1, -0.05) is 23.9 Å². The molecule has 0 aliphatic rings. The molecular weight excluding hydrogens is 228 g/mol. The van der Waals surface area contributed by atoms with E-state index < -0.39 is 11.2 Å². The zero-order valence-corrected chi connectivity index (χ0v) is 9.78. The Labute approximate surface area is 97.6 Å². The molecule has 0 spiro atoms. The van der Waals surface area contributed by atoms with Gasteiger partial charge in [0.15, 0.2) is 5.12 Å². The summed E-state index contributed by atoms with van der Waals surface area (Å²) in [5.41, 5.74) is 0.577. The number of methoxy groups -OCH3 is 1. The highest BCUT2D eigenvalue weighted by Gasteiger charge is 2.22. The van der Waals surface area contributed by atoms with E-state index in [1.807, 2.05) is 0 Å². The maximum absolute atomic E-state index is 11.0. The van der Waals surface area contributed by atoms with Crippen LogP contribution in [-0.2, 0) is 9.59 Å². The van der Waals surface area contributed by atoms with Crippen LogP contribution in [0.5, 0.6) is 5.75 Å². The molecule has 0 radical (unpaired) electrons. The van der Waals surface area contributed by atoms with Gasteiger partial charge in [0.1, 0.15) is 11.0 Å². The third-order valence-corrected chi connectivity index (χ3v) is 2.97. The van der Waals surface area contributed by atoms with E-state index in [1.165, 1.54) is 14.0 Å². The van der Waals surface area contributed by atoms with E-state index in [9.17, 15) is 9.59 Å². The fourth-order valence-corrected chi connectivity index (χ4v) is 1.93. The molecule has 0 aromatic heterocycles. The van der Waals surface area contributed by atoms with Crippen LogP contribution in [0.4, 0.5) is 0 Å². The second kappa shape index (κ2) is 5.55. The second-order valence-electron chi connectivity index (χ2n) is 3.10. The van der Waals surface area contributed by atoms with E-state index in [1.54, 1.807) is 24.3 Å². The molecule has 1 aromatic rings. The van der Waals surface area contributed by atoms with Gasteiger partial charge in [-0.3, -0.25) is 9.59 Å². The molecular formula is C11H12O4S. The molecule has 0 fully saturated rings. The molecule has 0 aliphatic carbocycles. The normalized spacial score (nSPS) is 11.9. The SMILES string of the molecule is COc1ccc(C(SC(C)=O)C(=O)O)cc1. The summed E-state index contributed by atoms with van der Waals surface area (Å²) >= 11 is 0.795. The quantitative estimate of drug-likeness (QED) is 0.873. The molecule has 0 saturated carbocycles. The van der Waals surface area contributed by atoms with Gasteiger partial charge in [0.05, 0.1) is 7.11 Å². The number of carboxylic acids is 1. The van der Waals surface area contributed by atoms with Gasteiger partial charge in [-0.05, 0) is 17.7 Å². The molecule has 86 valence electrons. The predicted molar refractivity (Wildman–Crippen MR) is 61.6 cm³/mol. The Kier molecular flexibility index (Phi) is 4.37. The molecule has 1 N–H and O–H groups in total. The highest BCUT2D eigenvalue weighted by atomic mass is 32.2. The zero-order chi connectivity index (χ0) is 12.1. The first-order chi connectivity index (χ1) is 7.54. The van der Waals surface area contributed by atoms with Gasteiger partial charge in [0, 0.05) is 6.92 Å². The summed E-state index contributed by atoms with van der Waals surface area (Å²) in [5, 5.41) is 7.92. The van der Waals surface area contributed by atoms with Gasteiger partial charge in [0.25, 0.3) is 0 Å². The number of hydrogen-bond acceptors (Lipinski definition) is 4. The molecule has 1 aromatic carbocycles. The zero-order valence-electron chi connectivity index (χ0n) is 8.97. The lowest BCUT2D eigenvalue weighted by molar-refractivity contribution is -0.136. The molecule has 4 nitrogen and oxygen atoms in total. The van der Waals surface area contributed by atoms with Crippen LogP contribution < -0.4 is 4.74 Å². The molecule has 1 unspecified atom stereocenters. The fourth-order valence-electron chi connectivity index (χ4n) is 1.21. The van der Waals surface area contributed by atoms with Crippen molar-refractivity contribution in [2.75, 3.05) is 7.11 Å². The Morgan fingerprint density at radius 2 is 1.88 bits per heavy atom. The van der Waals surface area contributed by atoms with E-state index in [2.05, 4.69) is 0 Å². The largest absolute Gasteiger partial charge is 0.497 e. The third-order valence-electron chi connectivity index (χ3n) is 1.93. The van der Waals surface area contributed by atoms with Crippen molar-refractivity contribution in [1.82, 2.24) is 0 Å². The first kappa shape index (κ1) is 12.6. The minimum Gasteiger partial charge on any atom is -0.497 e. The number of aliphatic carboxylic acids is 1. The lowest BCUT2D eigenvalue weighted by Gasteiger charge is -2.10. The summed E-state index contributed by atoms with van der Waals surface area (Å²) < 4.78 is 4.97. The number of rotatable bonds is 4. The minimum absolute atomic E-state index is 0.219. The molecule has 5 heteroatoms. The summed E-state index contributed by atoms with van der Waals surface area (Å²) in [6.45, 7) is 1.35. The number of thioether (sulfide) groups is 1. The van der Waals surface area contributed by atoms with E-state index in [0.29, 0.717) is 11.3 Å². The Bertz CT molecular complexity index is 385. The standard InChI is InChI=1S/C11H12O4S/c1-7(12)16-10(11(13)14)8-3-5-9(15-2)6-4-8/h3-6,10H,1-2H3,(H,13,14). The molecule has 1 atom stereocenters. The van der Waals surface area contributed by atoms with Crippen LogP contribution in [0.25, 0.3) is 0 Å². The average molecular weight is 240 g/mol. The van der Waals surface area contributed by atoms with Crippen molar-refractivity contribution in [3.8, 4) is 5.75 Å². The van der Waals surface area contributed by atoms with Crippen molar-refractivity contribution in [3.05, 3.63) is 29.8 Å². The van der Waals surface area contributed by atoms with Crippen LogP contribution in [0.3, 0.4) is 0 Å². The van der Waals surface area contributed by atoms with Crippen molar-refractivity contribution >= 4 is 22.8 Å². The van der Waals surface area contributed by atoms with Crippen LogP contribution >= 0.6 is 11.8 Å². The maximum atomic E-state index is 11.0. The average Bonchev–Trinajstić information content (AvgIpc) is 2.25. The monoisotopic (exact) mass is 240 g/mol. The molecule has 0 saturated heterocycles. The smallest absolute Gasteiger partial charge is 0.321 e.